The van der Waals surface area contributed by atoms with Gasteiger partial charge < -0.3 is 10.1 Å². The van der Waals surface area contributed by atoms with Gasteiger partial charge >= 0.3 is 0 Å². The van der Waals surface area contributed by atoms with Crippen LogP contribution in [0.5, 0.6) is 0 Å². The molecular formula is C15H20BrNO. The molecule has 1 N–H and O–H groups in total. The number of benzene rings is 1. The van der Waals surface area contributed by atoms with Gasteiger partial charge in [-0.1, -0.05) is 22.0 Å². The summed E-state index contributed by atoms with van der Waals surface area (Å²) in [4.78, 5) is 0. The third kappa shape index (κ3) is 2.24. The first kappa shape index (κ1) is 12.6. The molecule has 1 aromatic carbocycles. The number of nitrogens with one attached hydrogen (secondary N) is 1. The van der Waals surface area contributed by atoms with Crippen molar-refractivity contribution in [1.82, 2.24) is 5.32 Å². The zero-order valence-corrected chi connectivity index (χ0v) is 12.4. The fourth-order valence-electron chi connectivity index (χ4n) is 3.30. The number of halogens is 1. The topological polar surface area (TPSA) is 21.3 Å². The predicted octanol–water partition coefficient (Wildman–Crippen LogP) is 3.17. The van der Waals surface area contributed by atoms with E-state index < -0.39 is 0 Å². The van der Waals surface area contributed by atoms with Crippen LogP contribution in [-0.4, -0.2) is 25.8 Å². The van der Waals surface area contributed by atoms with Gasteiger partial charge in [-0.25, -0.2) is 0 Å². The van der Waals surface area contributed by atoms with Crippen LogP contribution in [0.2, 0.25) is 0 Å². The van der Waals surface area contributed by atoms with Gasteiger partial charge in [0.05, 0.1) is 13.2 Å². The summed E-state index contributed by atoms with van der Waals surface area (Å²) in [5.74, 6) is 0. The highest BCUT2D eigenvalue weighted by Gasteiger charge is 2.43. The molecule has 0 aliphatic carbocycles. The quantitative estimate of drug-likeness (QED) is 0.926. The Hall–Kier alpha value is -0.380. The predicted molar refractivity (Wildman–Crippen MR) is 77.0 cm³/mol. The summed E-state index contributed by atoms with van der Waals surface area (Å²) in [7, 11) is 0. The fourth-order valence-corrected chi connectivity index (χ4v) is 3.66. The molecule has 2 nitrogen and oxygen atoms in total. The first-order chi connectivity index (χ1) is 8.70. The zero-order valence-electron chi connectivity index (χ0n) is 10.8. The van der Waals surface area contributed by atoms with Crippen molar-refractivity contribution in [1.29, 1.82) is 0 Å². The largest absolute Gasteiger partial charge is 0.379 e. The van der Waals surface area contributed by atoms with E-state index in [2.05, 4.69) is 46.4 Å². The summed E-state index contributed by atoms with van der Waals surface area (Å²) in [6, 6.07) is 7.29. The number of hydrogen-bond donors (Lipinski definition) is 1. The summed E-state index contributed by atoms with van der Waals surface area (Å²) in [5.41, 5.74) is 3.10. The molecule has 1 unspecified atom stereocenters. The van der Waals surface area contributed by atoms with Crippen LogP contribution in [0.1, 0.15) is 30.4 Å². The highest BCUT2D eigenvalue weighted by Crippen LogP contribution is 2.40. The average Bonchev–Trinajstić information content (AvgIpc) is 2.80. The molecule has 0 radical (unpaired) electrons. The van der Waals surface area contributed by atoms with Crippen molar-refractivity contribution in [2.45, 2.75) is 37.6 Å². The minimum atomic E-state index is 0.246. The van der Waals surface area contributed by atoms with E-state index in [4.69, 9.17) is 4.74 Å². The lowest BCUT2D eigenvalue weighted by Gasteiger charge is -2.44. The van der Waals surface area contributed by atoms with Crippen molar-refractivity contribution in [3.05, 3.63) is 33.8 Å². The minimum absolute atomic E-state index is 0.246. The van der Waals surface area contributed by atoms with Gasteiger partial charge in [0.15, 0.2) is 0 Å². The van der Waals surface area contributed by atoms with E-state index >= 15 is 0 Å². The van der Waals surface area contributed by atoms with Gasteiger partial charge in [-0.3, -0.25) is 0 Å². The molecule has 0 spiro atoms. The molecule has 2 saturated heterocycles. The second kappa shape index (κ2) is 4.95. The summed E-state index contributed by atoms with van der Waals surface area (Å²) in [6.45, 7) is 5.15. The van der Waals surface area contributed by atoms with Crippen molar-refractivity contribution in [2.24, 2.45) is 0 Å². The Labute approximate surface area is 117 Å². The van der Waals surface area contributed by atoms with Crippen molar-refractivity contribution in [3.8, 4) is 0 Å². The molecule has 2 heterocycles. The SMILES string of the molecule is Cc1ccc(Br)cc1C1(CC2CCCN2)COC1. The Morgan fingerprint density at radius 3 is 2.89 bits per heavy atom. The summed E-state index contributed by atoms with van der Waals surface area (Å²) in [6.07, 6.45) is 3.85. The van der Waals surface area contributed by atoms with Crippen LogP contribution >= 0.6 is 15.9 Å². The van der Waals surface area contributed by atoms with Gasteiger partial charge in [0, 0.05) is 15.9 Å². The second-order valence-corrected chi connectivity index (χ2v) is 6.65. The lowest BCUT2D eigenvalue weighted by atomic mass is 9.72. The van der Waals surface area contributed by atoms with Gasteiger partial charge in [0.2, 0.25) is 0 Å². The van der Waals surface area contributed by atoms with E-state index in [-0.39, 0.29) is 5.41 Å². The van der Waals surface area contributed by atoms with Crippen LogP contribution in [-0.2, 0) is 10.2 Å². The van der Waals surface area contributed by atoms with Crippen LogP contribution in [0.25, 0.3) is 0 Å². The molecule has 3 heteroatoms. The van der Waals surface area contributed by atoms with E-state index in [0.29, 0.717) is 6.04 Å². The van der Waals surface area contributed by atoms with Crippen LogP contribution in [0.3, 0.4) is 0 Å². The van der Waals surface area contributed by atoms with E-state index in [9.17, 15) is 0 Å². The summed E-state index contributed by atoms with van der Waals surface area (Å²) in [5, 5.41) is 3.62. The molecule has 2 aliphatic rings. The molecule has 0 bridgehead atoms. The molecular weight excluding hydrogens is 290 g/mol. The van der Waals surface area contributed by atoms with E-state index in [0.717, 1.165) is 13.2 Å². The van der Waals surface area contributed by atoms with E-state index in [1.807, 2.05) is 0 Å². The second-order valence-electron chi connectivity index (χ2n) is 5.73. The number of hydrogen-bond acceptors (Lipinski definition) is 2. The van der Waals surface area contributed by atoms with Crippen LogP contribution in [0.4, 0.5) is 0 Å². The molecule has 2 fully saturated rings. The average molecular weight is 310 g/mol. The van der Waals surface area contributed by atoms with Gasteiger partial charge in [-0.2, -0.15) is 0 Å². The molecule has 18 heavy (non-hydrogen) atoms. The van der Waals surface area contributed by atoms with Gasteiger partial charge in [0.25, 0.3) is 0 Å². The van der Waals surface area contributed by atoms with Gasteiger partial charge in [-0.05, 0) is 56.0 Å². The molecule has 0 aromatic heterocycles. The van der Waals surface area contributed by atoms with Crippen LogP contribution < -0.4 is 5.32 Å². The highest BCUT2D eigenvalue weighted by molar-refractivity contribution is 9.10. The highest BCUT2D eigenvalue weighted by atomic mass is 79.9. The van der Waals surface area contributed by atoms with E-state index in [1.54, 1.807) is 0 Å². The normalized spacial score (nSPS) is 26.0. The summed E-state index contributed by atoms with van der Waals surface area (Å²) >= 11 is 3.60. The third-order valence-electron chi connectivity index (χ3n) is 4.33. The maximum atomic E-state index is 5.55. The molecule has 98 valence electrons. The molecule has 1 aromatic rings. The summed E-state index contributed by atoms with van der Waals surface area (Å²) < 4.78 is 6.73. The fraction of sp³-hybridized carbons (Fsp3) is 0.600. The van der Waals surface area contributed by atoms with Gasteiger partial charge in [0.1, 0.15) is 0 Å². The van der Waals surface area contributed by atoms with Crippen LogP contribution in [0, 0.1) is 6.92 Å². The van der Waals surface area contributed by atoms with Crippen molar-refractivity contribution >= 4 is 15.9 Å². The molecule has 0 saturated carbocycles. The van der Waals surface area contributed by atoms with Crippen molar-refractivity contribution in [3.63, 3.8) is 0 Å². The lowest BCUT2D eigenvalue weighted by Crippen LogP contribution is -2.50. The molecule has 2 aliphatic heterocycles. The Bertz CT molecular complexity index is 436. The standard InChI is InChI=1S/C15H20BrNO/c1-11-4-5-12(16)7-14(11)15(9-18-10-15)8-13-3-2-6-17-13/h4-5,7,13,17H,2-3,6,8-10H2,1H3. The third-order valence-corrected chi connectivity index (χ3v) is 4.82. The Kier molecular flexibility index (Phi) is 3.48. The number of rotatable bonds is 3. The van der Waals surface area contributed by atoms with Crippen molar-refractivity contribution < 1.29 is 4.74 Å². The van der Waals surface area contributed by atoms with Gasteiger partial charge in [-0.15, -0.1) is 0 Å². The Balaban J connectivity index is 1.87. The minimum Gasteiger partial charge on any atom is -0.379 e. The number of ether oxygens (including phenoxy) is 1. The molecule has 3 rings (SSSR count). The lowest BCUT2D eigenvalue weighted by molar-refractivity contribution is -0.0682. The van der Waals surface area contributed by atoms with Crippen molar-refractivity contribution in [2.75, 3.05) is 19.8 Å². The first-order valence-electron chi connectivity index (χ1n) is 6.77. The Morgan fingerprint density at radius 1 is 1.44 bits per heavy atom. The first-order valence-corrected chi connectivity index (χ1v) is 7.57. The Morgan fingerprint density at radius 2 is 2.28 bits per heavy atom. The molecule has 1 atom stereocenters. The maximum absolute atomic E-state index is 5.55. The molecule has 0 amide bonds. The smallest absolute Gasteiger partial charge is 0.0586 e. The van der Waals surface area contributed by atoms with Crippen LogP contribution in [0.15, 0.2) is 22.7 Å². The zero-order chi connectivity index (χ0) is 12.6. The number of aryl methyl sites for hydroxylation is 1. The maximum Gasteiger partial charge on any atom is 0.0586 e. The monoisotopic (exact) mass is 309 g/mol. The van der Waals surface area contributed by atoms with E-state index in [1.165, 1.54) is 41.4 Å².